The summed E-state index contributed by atoms with van der Waals surface area (Å²) in [5.74, 6) is 0. The van der Waals surface area contributed by atoms with Gasteiger partial charge in [-0.3, -0.25) is 0 Å². The van der Waals surface area contributed by atoms with E-state index in [9.17, 15) is 26.4 Å². The maximum absolute atomic E-state index is 13.1. The van der Waals surface area contributed by atoms with E-state index in [1.54, 1.807) is 20.8 Å². The van der Waals surface area contributed by atoms with Crippen LogP contribution in [0.15, 0.2) is 23.1 Å². The number of hydrogen-bond acceptors (Lipinski definition) is 5. The number of nitrogen functional groups attached to an aromatic ring is 1. The van der Waals surface area contributed by atoms with Gasteiger partial charge in [-0.05, 0) is 51.8 Å². The highest BCUT2D eigenvalue weighted by Crippen LogP contribution is 2.35. The molecule has 11 heteroatoms. The van der Waals surface area contributed by atoms with Gasteiger partial charge in [-0.25, -0.2) is 13.2 Å². The van der Waals surface area contributed by atoms with Crippen molar-refractivity contribution in [3.8, 4) is 0 Å². The summed E-state index contributed by atoms with van der Waals surface area (Å²) in [6.45, 7) is 5.17. The Bertz CT molecular complexity index is 835. The molecule has 0 aromatic heterocycles. The lowest BCUT2D eigenvalue weighted by molar-refractivity contribution is -0.137. The smallest absolute Gasteiger partial charge is 0.418 e. The third kappa shape index (κ3) is 5.51. The average molecular weight is 423 g/mol. The fourth-order valence-corrected chi connectivity index (χ4v) is 4.39. The zero-order valence-electron chi connectivity index (χ0n) is 15.8. The molecule has 0 radical (unpaired) electrons. The van der Waals surface area contributed by atoms with Gasteiger partial charge in [0, 0.05) is 24.8 Å². The predicted octanol–water partition coefficient (Wildman–Crippen LogP) is 2.97. The lowest BCUT2D eigenvalue weighted by atomic mass is 10.1. The second-order valence-electron chi connectivity index (χ2n) is 7.60. The van der Waals surface area contributed by atoms with E-state index in [1.807, 2.05) is 0 Å². The lowest BCUT2D eigenvalue weighted by Crippen LogP contribution is -2.50. The fourth-order valence-electron chi connectivity index (χ4n) is 2.84. The standard InChI is InChI=1S/C17H24F3N3O4S/c1-16(2,3)27-15(24)22-11-5-4-8-23(10-11)28(25,26)12-6-7-14(21)13(9-12)17(18,19)20/h6-7,9,11H,4-5,8,10,21H2,1-3H3,(H,22,24)/t11-/m1/s1. The molecule has 1 aliphatic heterocycles. The van der Waals surface area contributed by atoms with Crippen LogP contribution in [0.25, 0.3) is 0 Å². The predicted molar refractivity (Wildman–Crippen MR) is 97.0 cm³/mol. The number of rotatable bonds is 3. The highest BCUT2D eigenvalue weighted by Gasteiger charge is 2.36. The molecular formula is C17H24F3N3O4S. The number of sulfonamides is 1. The molecule has 1 heterocycles. The number of nitrogens with zero attached hydrogens (tertiary/aromatic N) is 1. The summed E-state index contributed by atoms with van der Waals surface area (Å²) in [7, 11) is -4.18. The SMILES string of the molecule is CC(C)(C)OC(=O)N[C@@H]1CCCN(S(=O)(=O)c2ccc(N)c(C(F)(F)F)c2)C1. The number of piperidine rings is 1. The Morgan fingerprint density at radius 2 is 1.93 bits per heavy atom. The first-order chi connectivity index (χ1) is 12.7. The number of hydrogen-bond donors (Lipinski definition) is 2. The van der Waals surface area contributed by atoms with Gasteiger partial charge in [-0.2, -0.15) is 17.5 Å². The van der Waals surface area contributed by atoms with Gasteiger partial charge in [0.05, 0.1) is 10.5 Å². The fraction of sp³-hybridized carbons (Fsp3) is 0.588. The summed E-state index contributed by atoms with van der Waals surface area (Å²) in [5, 5.41) is 2.61. The molecule has 1 aliphatic rings. The van der Waals surface area contributed by atoms with Crippen molar-refractivity contribution in [2.75, 3.05) is 18.8 Å². The molecule has 3 N–H and O–H groups in total. The number of nitrogens with one attached hydrogen (secondary N) is 1. The molecular weight excluding hydrogens is 399 g/mol. The lowest BCUT2D eigenvalue weighted by Gasteiger charge is -2.33. The number of carbonyl (C=O) groups excluding carboxylic acids is 1. The van der Waals surface area contributed by atoms with Crippen molar-refractivity contribution in [1.82, 2.24) is 9.62 Å². The second kappa shape index (κ2) is 7.78. The van der Waals surface area contributed by atoms with E-state index in [1.165, 1.54) is 0 Å². The highest BCUT2D eigenvalue weighted by atomic mass is 32.2. The number of carbonyl (C=O) groups is 1. The molecule has 1 aromatic carbocycles. The molecule has 1 amide bonds. The second-order valence-corrected chi connectivity index (χ2v) is 9.53. The number of benzene rings is 1. The molecule has 0 aliphatic carbocycles. The Kier molecular flexibility index (Phi) is 6.19. The highest BCUT2D eigenvalue weighted by molar-refractivity contribution is 7.89. The molecule has 28 heavy (non-hydrogen) atoms. The first kappa shape index (κ1) is 22.3. The van der Waals surface area contributed by atoms with Crippen molar-refractivity contribution in [3.63, 3.8) is 0 Å². The molecule has 1 saturated heterocycles. The molecule has 0 saturated carbocycles. The molecule has 0 spiro atoms. The molecule has 1 atom stereocenters. The summed E-state index contributed by atoms with van der Waals surface area (Å²) in [4.78, 5) is 11.4. The van der Waals surface area contributed by atoms with Crippen molar-refractivity contribution < 1.29 is 31.1 Å². The van der Waals surface area contributed by atoms with Crippen LogP contribution in [0.2, 0.25) is 0 Å². The van der Waals surface area contributed by atoms with Gasteiger partial charge >= 0.3 is 12.3 Å². The minimum atomic E-state index is -4.77. The molecule has 1 aromatic rings. The summed E-state index contributed by atoms with van der Waals surface area (Å²) >= 11 is 0. The Morgan fingerprint density at radius 1 is 1.29 bits per heavy atom. The van der Waals surface area contributed by atoms with Gasteiger partial charge in [-0.15, -0.1) is 0 Å². The maximum Gasteiger partial charge on any atom is 0.418 e. The number of halogens is 3. The molecule has 0 unspecified atom stereocenters. The Balaban J connectivity index is 2.19. The minimum Gasteiger partial charge on any atom is -0.444 e. The van der Waals surface area contributed by atoms with Crippen LogP contribution >= 0.6 is 0 Å². The minimum absolute atomic E-state index is 0.0622. The van der Waals surface area contributed by atoms with Crippen LogP contribution in [0.5, 0.6) is 0 Å². The van der Waals surface area contributed by atoms with Gasteiger partial charge in [0.2, 0.25) is 10.0 Å². The van der Waals surface area contributed by atoms with Crippen molar-refractivity contribution in [1.29, 1.82) is 0 Å². The van der Waals surface area contributed by atoms with Gasteiger partial charge in [0.25, 0.3) is 0 Å². The van der Waals surface area contributed by atoms with Crippen molar-refractivity contribution in [2.24, 2.45) is 0 Å². The number of nitrogens with two attached hydrogens (primary N) is 1. The normalized spacial score (nSPS) is 19.3. The van der Waals surface area contributed by atoms with Gasteiger partial charge in [-0.1, -0.05) is 0 Å². The zero-order chi connectivity index (χ0) is 21.3. The molecule has 1 fully saturated rings. The van der Waals surface area contributed by atoms with E-state index < -0.39 is 50.1 Å². The first-order valence-corrected chi connectivity index (χ1v) is 10.1. The molecule has 158 valence electrons. The zero-order valence-corrected chi connectivity index (χ0v) is 16.7. The van der Waals surface area contributed by atoms with E-state index in [-0.39, 0.29) is 13.1 Å². The average Bonchev–Trinajstić information content (AvgIpc) is 2.52. The monoisotopic (exact) mass is 423 g/mol. The van der Waals surface area contributed by atoms with Crippen LogP contribution in [0.1, 0.15) is 39.2 Å². The maximum atomic E-state index is 13.1. The molecule has 7 nitrogen and oxygen atoms in total. The number of ether oxygens (including phenoxy) is 1. The first-order valence-electron chi connectivity index (χ1n) is 8.66. The van der Waals surface area contributed by atoms with E-state index in [2.05, 4.69) is 5.32 Å². The van der Waals surface area contributed by atoms with E-state index >= 15 is 0 Å². The quantitative estimate of drug-likeness (QED) is 0.728. The number of amides is 1. The van der Waals surface area contributed by atoms with E-state index in [4.69, 9.17) is 10.5 Å². The van der Waals surface area contributed by atoms with Gasteiger partial charge in [0.15, 0.2) is 0 Å². The van der Waals surface area contributed by atoms with Crippen molar-refractivity contribution >= 4 is 21.8 Å². The van der Waals surface area contributed by atoms with Crippen molar-refractivity contribution in [3.05, 3.63) is 23.8 Å². The Hall–Kier alpha value is -2.01. The summed E-state index contributed by atoms with van der Waals surface area (Å²) in [6.07, 6.45) is -4.47. The topological polar surface area (TPSA) is 102 Å². The molecule has 0 bridgehead atoms. The van der Waals surface area contributed by atoms with Gasteiger partial charge < -0.3 is 15.8 Å². The van der Waals surface area contributed by atoms with Crippen LogP contribution in [0, 0.1) is 0 Å². The summed E-state index contributed by atoms with van der Waals surface area (Å²) in [5.41, 5.74) is 2.88. The Labute approximate surface area is 162 Å². The van der Waals surface area contributed by atoms with Crippen LogP contribution in [0.4, 0.5) is 23.7 Å². The van der Waals surface area contributed by atoms with Gasteiger partial charge in [0.1, 0.15) is 5.60 Å². The van der Waals surface area contributed by atoms with E-state index in [0.29, 0.717) is 18.9 Å². The largest absolute Gasteiger partial charge is 0.444 e. The summed E-state index contributed by atoms with van der Waals surface area (Å²) < 4.78 is 71.0. The van der Waals surface area contributed by atoms with E-state index in [0.717, 1.165) is 16.4 Å². The third-order valence-corrected chi connectivity index (χ3v) is 5.93. The third-order valence-electron chi connectivity index (χ3n) is 4.07. The Morgan fingerprint density at radius 3 is 2.50 bits per heavy atom. The van der Waals surface area contributed by atoms with Crippen molar-refractivity contribution in [2.45, 2.75) is 56.3 Å². The number of alkyl carbamates (subject to hydrolysis) is 1. The number of anilines is 1. The summed E-state index contributed by atoms with van der Waals surface area (Å²) in [6, 6.07) is 2.01. The van der Waals surface area contributed by atoms with Crippen LogP contribution in [-0.2, 0) is 20.9 Å². The van der Waals surface area contributed by atoms with Crippen LogP contribution < -0.4 is 11.1 Å². The molecule has 2 rings (SSSR count). The van der Waals surface area contributed by atoms with Crippen LogP contribution in [-0.4, -0.2) is 43.5 Å². The van der Waals surface area contributed by atoms with Crippen LogP contribution in [0.3, 0.4) is 0 Å². The number of alkyl halides is 3.